The predicted molar refractivity (Wildman–Crippen MR) is 90.6 cm³/mol. The van der Waals surface area contributed by atoms with E-state index in [2.05, 4.69) is 15.0 Å². The van der Waals surface area contributed by atoms with Crippen LogP contribution >= 0.6 is 11.6 Å². The number of nitrogens with one attached hydrogen (secondary N) is 1. The molecule has 7 heteroatoms. The Morgan fingerprint density at radius 2 is 2.08 bits per heavy atom. The number of imidazole rings is 1. The number of amides is 1. The molecule has 3 rings (SSSR count). The van der Waals surface area contributed by atoms with E-state index in [-0.39, 0.29) is 11.7 Å². The molecule has 0 aliphatic rings. The molecule has 0 aliphatic carbocycles. The van der Waals surface area contributed by atoms with Gasteiger partial charge in [-0.1, -0.05) is 11.6 Å². The summed E-state index contributed by atoms with van der Waals surface area (Å²) < 4.78 is 13.0. The van der Waals surface area contributed by atoms with E-state index in [0.717, 1.165) is 11.3 Å². The minimum Gasteiger partial charge on any atom is -0.341 e. The van der Waals surface area contributed by atoms with Crippen LogP contribution in [0.4, 0.5) is 4.39 Å². The third kappa shape index (κ3) is 3.54. The number of likely N-dealkylation sites (N-methyl/N-ethyl adjacent to an activating group) is 1. The second-order valence-corrected chi connectivity index (χ2v) is 5.79. The van der Waals surface area contributed by atoms with Crippen molar-refractivity contribution in [3.63, 3.8) is 0 Å². The molecule has 1 amide bonds. The van der Waals surface area contributed by atoms with Crippen LogP contribution in [0.2, 0.25) is 5.02 Å². The molecule has 0 bridgehead atoms. The normalized spacial score (nSPS) is 11.0. The van der Waals surface area contributed by atoms with E-state index in [4.69, 9.17) is 11.6 Å². The molecule has 3 aromatic rings. The number of carbonyl (C=O) groups excluding carboxylic acids is 1. The molecule has 0 saturated carbocycles. The number of benzene rings is 1. The first-order valence-electron chi connectivity index (χ1n) is 7.62. The summed E-state index contributed by atoms with van der Waals surface area (Å²) in [5.74, 6) is 0.253. The molecule has 0 spiro atoms. The number of pyridine rings is 1. The second-order valence-electron chi connectivity index (χ2n) is 5.35. The molecule has 0 atom stereocenters. The predicted octanol–water partition coefficient (Wildman–Crippen LogP) is 3.46. The number of aromatic amines is 1. The van der Waals surface area contributed by atoms with Gasteiger partial charge in [-0.2, -0.15) is 0 Å². The number of fused-ring (bicyclic) bond motifs is 1. The lowest BCUT2D eigenvalue weighted by molar-refractivity contribution is 0.0765. The highest BCUT2D eigenvalue weighted by Crippen LogP contribution is 2.15. The highest BCUT2D eigenvalue weighted by molar-refractivity contribution is 6.31. The zero-order valence-electron chi connectivity index (χ0n) is 13.1. The molecule has 0 saturated heterocycles. The topological polar surface area (TPSA) is 61.9 Å². The van der Waals surface area contributed by atoms with E-state index in [9.17, 15) is 9.18 Å². The van der Waals surface area contributed by atoms with Crippen molar-refractivity contribution in [3.05, 3.63) is 58.8 Å². The van der Waals surface area contributed by atoms with Gasteiger partial charge in [0.2, 0.25) is 0 Å². The Kier molecular flexibility index (Phi) is 4.76. The van der Waals surface area contributed by atoms with Crippen molar-refractivity contribution in [2.24, 2.45) is 0 Å². The van der Waals surface area contributed by atoms with Crippen LogP contribution in [0.25, 0.3) is 11.2 Å². The molecule has 0 aliphatic heterocycles. The lowest BCUT2D eigenvalue weighted by Gasteiger charge is -2.20. The van der Waals surface area contributed by atoms with Gasteiger partial charge < -0.3 is 9.88 Å². The van der Waals surface area contributed by atoms with Crippen molar-refractivity contribution in [2.45, 2.75) is 13.3 Å². The fraction of sp³-hybridized carbons (Fsp3) is 0.235. The maximum atomic E-state index is 13.0. The smallest absolute Gasteiger partial charge is 0.253 e. The first-order valence-corrected chi connectivity index (χ1v) is 7.99. The maximum Gasteiger partial charge on any atom is 0.253 e. The van der Waals surface area contributed by atoms with Gasteiger partial charge in [-0.25, -0.2) is 14.4 Å². The van der Waals surface area contributed by atoms with Crippen molar-refractivity contribution < 1.29 is 9.18 Å². The van der Waals surface area contributed by atoms with Gasteiger partial charge in [0.25, 0.3) is 5.91 Å². The minimum absolute atomic E-state index is 0.130. The Balaban J connectivity index is 1.70. The van der Waals surface area contributed by atoms with Crippen molar-refractivity contribution in [1.29, 1.82) is 0 Å². The summed E-state index contributed by atoms with van der Waals surface area (Å²) in [4.78, 5) is 25.9. The first kappa shape index (κ1) is 16.4. The first-order chi connectivity index (χ1) is 11.6. The zero-order chi connectivity index (χ0) is 17.1. The van der Waals surface area contributed by atoms with E-state index in [0.29, 0.717) is 35.7 Å². The van der Waals surface area contributed by atoms with Crippen LogP contribution in [0.5, 0.6) is 0 Å². The third-order valence-electron chi connectivity index (χ3n) is 3.73. The molecular weight excluding hydrogens is 331 g/mol. The SMILES string of the molecule is CCN(CCc1nc2ncc(Cl)cc2[nH]1)C(=O)c1ccc(F)cc1. The van der Waals surface area contributed by atoms with E-state index in [1.165, 1.54) is 24.3 Å². The lowest BCUT2D eigenvalue weighted by Crippen LogP contribution is -2.32. The van der Waals surface area contributed by atoms with Gasteiger partial charge in [-0.05, 0) is 37.3 Å². The molecule has 0 unspecified atom stereocenters. The third-order valence-corrected chi connectivity index (χ3v) is 3.94. The molecule has 0 fully saturated rings. The van der Waals surface area contributed by atoms with Crippen molar-refractivity contribution in [1.82, 2.24) is 19.9 Å². The summed E-state index contributed by atoms with van der Waals surface area (Å²) in [5.41, 5.74) is 1.84. The fourth-order valence-electron chi connectivity index (χ4n) is 2.46. The standard InChI is InChI=1S/C17H16ClFN4O/c1-2-23(17(24)11-3-5-13(19)6-4-11)8-7-15-21-14-9-12(18)10-20-16(14)22-15/h3-6,9-10H,2,7-8H2,1H3,(H,20,21,22). The molecule has 24 heavy (non-hydrogen) atoms. The van der Waals surface area contributed by atoms with Crippen LogP contribution in [-0.2, 0) is 6.42 Å². The van der Waals surface area contributed by atoms with Gasteiger partial charge in [0.15, 0.2) is 5.65 Å². The Morgan fingerprint density at radius 3 is 2.79 bits per heavy atom. The molecule has 5 nitrogen and oxygen atoms in total. The summed E-state index contributed by atoms with van der Waals surface area (Å²) >= 11 is 5.91. The van der Waals surface area contributed by atoms with Gasteiger partial charge >= 0.3 is 0 Å². The van der Waals surface area contributed by atoms with Crippen molar-refractivity contribution >= 4 is 28.7 Å². The summed E-state index contributed by atoms with van der Waals surface area (Å²) in [6.45, 7) is 2.96. The largest absolute Gasteiger partial charge is 0.341 e. The fourth-order valence-corrected chi connectivity index (χ4v) is 2.62. The number of H-pyrrole nitrogens is 1. The number of hydrogen-bond acceptors (Lipinski definition) is 3. The molecular formula is C17H16ClFN4O. The van der Waals surface area contributed by atoms with Gasteiger partial charge in [0.1, 0.15) is 11.6 Å². The number of halogens is 2. The Hall–Kier alpha value is -2.47. The molecule has 1 aromatic carbocycles. The van der Waals surface area contributed by atoms with E-state index < -0.39 is 0 Å². The second kappa shape index (κ2) is 6.97. The van der Waals surface area contributed by atoms with Crippen LogP contribution < -0.4 is 0 Å². The highest BCUT2D eigenvalue weighted by Gasteiger charge is 2.15. The highest BCUT2D eigenvalue weighted by atomic mass is 35.5. The summed E-state index contributed by atoms with van der Waals surface area (Å²) in [6, 6.07) is 7.33. The van der Waals surface area contributed by atoms with E-state index >= 15 is 0 Å². The van der Waals surface area contributed by atoms with Crippen LogP contribution in [0, 0.1) is 5.82 Å². The average molecular weight is 347 g/mol. The van der Waals surface area contributed by atoms with Gasteiger partial charge in [-0.15, -0.1) is 0 Å². The maximum absolute atomic E-state index is 13.0. The number of rotatable bonds is 5. The summed E-state index contributed by atoms with van der Waals surface area (Å²) in [6.07, 6.45) is 2.11. The number of nitrogens with zero attached hydrogens (tertiary/aromatic N) is 3. The number of carbonyl (C=O) groups is 1. The van der Waals surface area contributed by atoms with Gasteiger partial charge in [0.05, 0.1) is 10.5 Å². The van der Waals surface area contributed by atoms with Crippen LogP contribution in [0.15, 0.2) is 36.5 Å². The number of hydrogen-bond donors (Lipinski definition) is 1. The average Bonchev–Trinajstić information content (AvgIpc) is 2.97. The van der Waals surface area contributed by atoms with E-state index in [1.54, 1.807) is 17.2 Å². The van der Waals surface area contributed by atoms with Crippen molar-refractivity contribution in [2.75, 3.05) is 13.1 Å². The molecule has 2 heterocycles. The Bertz CT molecular complexity index is 863. The monoisotopic (exact) mass is 346 g/mol. The molecule has 0 radical (unpaired) electrons. The zero-order valence-corrected chi connectivity index (χ0v) is 13.8. The van der Waals surface area contributed by atoms with Crippen molar-refractivity contribution in [3.8, 4) is 0 Å². The van der Waals surface area contributed by atoms with Gasteiger partial charge in [0, 0.05) is 31.3 Å². The molecule has 124 valence electrons. The summed E-state index contributed by atoms with van der Waals surface area (Å²) in [5, 5.41) is 0.541. The minimum atomic E-state index is -0.358. The number of aromatic nitrogens is 3. The van der Waals surface area contributed by atoms with Crippen LogP contribution in [0.1, 0.15) is 23.1 Å². The quantitative estimate of drug-likeness (QED) is 0.769. The van der Waals surface area contributed by atoms with E-state index in [1.807, 2.05) is 6.92 Å². The molecule has 1 N–H and O–H groups in total. The van der Waals surface area contributed by atoms with Crippen LogP contribution in [-0.4, -0.2) is 38.8 Å². The Morgan fingerprint density at radius 1 is 1.33 bits per heavy atom. The Labute approximate surface area is 143 Å². The van der Waals surface area contributed by atoms with Gasteiger partial charge in [-0.3, -0.25) is 4.79 Å². The lowest BCUT2D eigenvalue weighted by atomic mass is 10.2. The summed E-state index contributed by atoms with van der Waals surface area (Å²) in [7, 11) is 0. The molecule has 2 aromatic heterocycles. The van der Waals surface area contributed by atoms with Crippen LogP contribution in [0.3, 0.4) is 0 Å².